The number of hydrogen-bond acceptors (Lipinski definition) is 4. The predicted molar refractivity (Wildman–Crippen MR) is 68.1 cm³/mol. The van der Waals surface area contributed by atoms with Crippen molar-refractivity contribution in [1.82, 2.24) is 16.0 Å². The van der Waals surface area contributed by atoms with Crippen LogP contribution in [0.2, 0.25) is 0 Å². The molecule has 1 unspecified atom stereocenters. The van der Waals surface area contributed by atoms with Gasteiger partial charge < -0.3 is 20.7 Å². The number of carbonyl (C=O) groups is 2. The van der Waals surface area contributed by atoms with Crippen LogP contribution in [0.3, 0.4) is 0 Å². The van der Waals surface area contributed by atoms with Crippen LogP contribution in [0.4, 0.5) is 0 Å². The zero-order chi connectivity index (χ0) is 13.4. The summed E-state index contributed by atoms with van der Waals surface area (Å²) < 4.78 is 4.92. The summed E-state index contributed by atoms with van der Waals surface area (Å²) in [5.74, 6) is 0.311. The number of nitrogens with one attached hydrogen (secondary N) is 3. The van der Waals surface area contributed by atoms with E-state index in [-0.39, 0.29) is 30.3 Å². The minimum absolute atomic E-state index is 0.0128. The average molecular weight is 257 g/mol. The highest BCUT2D eigenvalue weighted by atomic mass is 16.5. The SMILES string of the molecule is COCC(C)NC(=O)CNCCNC(=O)C1CC1. The standard InChI is InChI=1S/C12H23N3O3/c1-9(8-18-2)15-11(16)7-13-5-6-14-12(17)10-3-4-10/h9-10,13H,3-8H2,1-2H3,(H,14,17)(H,15,16). The molecule has 18 heavy (non-hydrogen) atoms. The van der Waals surface area contributed by atoms with Gasteiger partial charge in [0.15, 0.2) is 0 Å². The summed E-state index contributed by atoms with van der Waals surface area (Å²) in [6, 6.07) is 0.0128. The molecule has 0 aromatic heterocycles. The number of ether oxygens (including phenoxy) is 1. The van der Waals surface area contributed by atoms with Crippen LogP contribution in [0.25, 0.3) is 0 Å². The molecule has 0 radical (unpaired) electrons. The van der Waals surface area contributed by atoms with Gasteiger partial charge in [0, 0.05) is 32.2 Å². The van der Waals surface area contributed by atoms with Crippen molar-refractivity contribution in [2.24, 2.45) is 5.92 Å². The van der Waals surface area contributed by atoms with Gasteiger partial charge in [-0.2, -0.15) is 0 Å². The Kier molecular flexibility index (Phi) is 6.67. The number of amides is 2. The smallest absolute Gasteiger partial charge is 0.234 e. The normalized spacial score (nSPS) is 16.1. The molecule has 0 aromatic carbocycles. The molecule has 0 spiro atoms. The van der Waals surface area contributed by atoms with Crippen molar-refractivity contribution in [1.29, 1.82) is 0 Å². The minimum atomic E-state index is -0.0620. The highest BCUT2D eigenvalue weighted by Gasteiger charge is 2.28. The highest BCUT2D eigenvalue weighted by molar-refractivity contribution is 5.80. The molecule has 1 aliphatic rings. The Morgan fingerprint density at radius 3 is 2.67 bits per heavy atom. The molecule has 1 rings (SSSR count). The lowest BCUT2D eigenvalue weighted by Gasteiger charge is -2.13. The maximum absolute atomic E-state index is 11.4. The van der Waals surface area contributed by atoms with Crippen LogP contribution in [-0.2, 0) is 14.3 Å². The fraction of sp³-hybridized carbons (Fsp3) is 0.833. The Labute approximate surface area is 108 Å². The van der Waals surface area contributed by atoms with E-state index in [1.807, 2.05) is 6.92 Å². The molecule has 104 valence electrons. The summed E-state index contributed by atoms with van der Waals surface area (Å²) in [7, 11) is 1.60. The van der Waals surface area contributed by atoms with Crippen molar-refractivity contribution < 1.29 is 14.3 Å². The van der Waals surface area contributed by atoms with Crippen molar-refractivity contribution in [3.05, 3.63) is 0 Å². The molecule has 1 aliphatic carbocycles. The van der Waals surface area contributed by atoms with Gasteiger partial charge in [-0.25, -0.2) is 0 Å². The molecule has 0 saturated heterocycles. The van der Waals surface area contributed by atoms with Gasteiger partial charge in [-0.1, -0.05) is 0 Å². The second-order valence-corrected chi connectivity index (χ2v) is 4.67. The Morgan fingerprint density at radius 2 is 2.06 bits per heavy atom. The summed E-state index contributed by atoms with van der Waals surface area (Å²) in [6.07, 6.45) is 2.03. The summed E-state index contributed by atoms with van der Waals surface area (Å²) in [4.78, 5) is 22.7. The molecule has 1 fully saturated rings. The molecule has 3 N–H and O–H groups in total. The number of carbonyl (C=O) groups excluding carboxylic acids is 2. The fourth-order valence-electron chi connectivity index (χ4n) is 1.58. The van der Waals surface area contributed by atoms with Crippen LogP contribution in [0.5, 0.6) is 0 Å². The Balaban J connectivity index is 1.93. The lowest BCUT2D eigenvalue weighted by molar-refractivity contribution is -0.122. The van der Waals surface area contributed by atoms with Crippen LogP contribution in [0.1, 0.15) is 19.8 Å². The minimum Gasteiger partial charge on any atom is -0.383 e. The van der Waals surface area contributed by atoms with Crippen molar-refractivity contribution in [3.63, 3.8) is 0 Å². The molecular weight excluding hydrogens is 234 g/mol. The van der Waals surface area contributed by atoms with Crippen LogP contribution >= 0.6 is 0 Å². The second kappa shape index (κ2) is 8.05. The van der Waals surface area contributed by atoms with E-state index in [4.69, 9.17) is 4.74 Å². The first-order valence-corrected chi connectivity index (χ1v) is 6.40. The lowest BCUT2D eigenvalue weighted by atomic mass is 10.3. The van der Waals surface area contributed by atoms with E-state index in [1.54, 1.807) is 7.11 Å². The van der Waals surface area contributed by atoms with E-state index in [9.17, 15) is 9.59 Å². The molecule has 6 heteroatoms. The molecular formula is C12H23N3O3. The molecule has 0 bridgehead atoms. The predicted octanol–water partition coefficient (Wildman–Crippen LogP) is -0.747. The maximum Gasteiger partial charge on any atom is 0.234 e. The molecule has 0 heterocycles. The van der Waals surface area contributed by atoms with Crippen molar-refractivity contribution in [3.8, 4) is 0 Å². The summed E-state index contributed by atoms with van der Waals surface area (Å²) in [6.45, 7) is 3.81. The number of rotatable bonds is 9. The highest BCUT2D eigenvalue weighted by Crippen LogP contribution is 2.28. The van der Waals surface area contributed by atoms with Crippen LogP contribution in [0.15, 0.2) is 0 Å². The Hall–Kier alpha value is -1.14. The Morgan fingerprint density at radius 1 is 1.33 bits per heavy atom. The van der Waals surface area contributed by atoms with Gasteiger partial charge in [-0.3, -0.25) is 9.59 Å². The largest absolute Gasteiger partial charge is 0.383 e. The van der Waals surface area contributed by atoms with Gasteiger partial charge in [0.05, 0.1) is 13.2 Å². The van der Waals surface area contributed by atoms with E-state index in [0.717, 1.165) is 12.8 Å². The summed E-state index contributed by atoms with van der Waals surface area (Å²) >= 11 is 0. The first-order chi connectivity index (χ1) is 8.63. The van der Waals surface area contributed by atoms with E-state index in [1.165, 1.54) is 0 Å². The third-order valence-electron chi connectivity index (χ3n) is 2.66. The van der Waals surface area contributed by atoms with Gasteiger partial charge in [-0.05, 0) is 19.8 Å². The van der Waals surface area contributed by atoms with E-state index in [0.29, 0.717) is 19.7 Å². The topological polar surface area (TPSA) is 79.5 Å². The zero-order valence-electron chi connectivity index (χ0n) is 11.1. The molecule has 1 atom stereocenters. The summed E-state index contributed by atoms with van der Waals surface area (Å²) in [5, 5.41) is 8.60. The van der Waals surface area contributed by atoms with Gasteiger partial charge in [0.25, 0.3) is 0 Å². The molecule has 0 aliphatic heterocycles. The van der Waals surface area contributed by atoms with E-state index >= 15 is 0 Å². The van der Waals surface area contributed by atoms with Crippen LogP contribution in [-0.4, -0.2) is 51.2 Å². The maximum atomic E-state index is 11.4. The van der Waals surface area contributed by atoms with Gasteiger partial charge in [0.1, 0.15) is 0 Å². The number of methoxy groups -OCH3 is 1. The second-order valence-electron chi connectivity index (χ2n) is 4.67. The summed E-state index contributed by atoms with van der Waals surface area (Å²) in [5.41, 5.74) is 0. The van der Waals surface area contributed by atoms with E-state index < -0.39 is 0 Å². The van der Waals surface area contributed by atoms with Crippen LogP contribution in [0, 0.1) is 5.92 Å². The van der Waals surface area contributed by atoms with Gasteiger partial charge in [-0.15, -0.1) is 0 Å². The quantitative estimate of drug-likeness (QED) is 0.475. The molecule has 2 amide bonds. The third kappa shape index (κ3) is 6.56. The van der Waals surface area contributed by atoms with Crippen molar-refractivity contribution in [2.75, 3.05) is 33.4 Å². The first kappa shape index (κ1) is 14.9. The van der Waals surface area contributed by atoms with E-state index in [2.05, 4.69) is 16.0 Å². The zero-order valence-corrected chi connectivity index (χ0v) is 11.1. The average Bonchev–Trinajstić information content (AvgIpc) is 3.12. The first-order valence-electron chi connectivity index (χ1n) is 6.40. The molecule has 0 aromatic rings. The Bertz CT molecular complexity index is 280. The van der Waals surface area contributed by atoms with Gasteiger partial charge >= 0.3 is 0 Å². The third-order valence-corrected chi connectivity index (χ3v) is 2.66. The molecule has 6 nitrogen and oxygen atoms in total. The van der Waals surface area contributed by atoms with Crippen molar-refractivity contribution >= 4 is 11.8 Å². The van der Waals surface area contributed by atoms with Crippen molar-refractivity contribution in [2.45, 2.75) is 25.8 Å². The monoisotopic (exact) mass is 257 g/mol. The number of hydrogen-bond donors (Lipinski definition) is 3. The van der Waals surface area contributed by atoms with Gasteiger partial charge in [0.2, 0.25) is 11.8 Å². The van der Waals surface area contributed by atoms with Crippen LogP contribution < -0.4 is 16.0 Å². The molecule has 1 saturated carbocycles. The fourth-order valence-corrected chi connectivity index (χ4v) is 1.58. The lowest BCUT2D eigenvalue weighted by Crippen LogP contribution is -2.42.